The normalized spacial score (nSPS) is 13.8. The maximum Gasteiger partial charge on any atom is 0.262 e. The Morgan fingerprint density at radius 1 is 0.743 bits per heavy atom. The monoisotopic (exact) mass is 456 g/mol. The van der Waals surface area contributed by atoms with E-state index in [9.17, 15) is 9.59 Å². The second-order valence-corrected chi connectivity index (χ2v) is 8.47. The summed E-state index contributed by atoms with van der Waals surface area (Å²) in [5.41, 5.74) is 5.38. The largest absolute Gasteiger partial charge is 0.269 e. The summed E-state index contributed by atoms with van der Waals surface area (Å²) >= 11 is 0. The fourth-order valence-corrected chi connectivity index (χ4v) is 4.63. The molecule has 1 aliphatic heterocycles. The average molecular weight is 457 g/mol. The Kier molecular flexibility index (Phi) is 4.92. The Labute approximate surface area is 201 Å². The van der Waals surface area contributed by atoms with Crippen LogP contribution < -0.4 is 0 Å². The quantitative estimate of drug-likeness (QED) is 0.339. The van der Waals surface area contributed by atoms with E-state index < -0.39 is 6.04 Å². The second-order valence-electron chi connectivity index (χ2n) is 8.47. The molecule has 2 aromatic heterocycles. The first-order chi connectivity index (χ1) is 17.1. The third-order valence-corrected chi connectivity index (χ3v) is 6.36. The van der Waals surface area contributed by atoms with Gasteiger partial charge < -0.3 is 0 Å². The first-order valence-corrected chi connectivity index (χ1v) is 11.3. The fraction of sp³-hybridized carbons (Fsp3) is 0.0690. The molecule has 0 radical (unpaired) electrons. The van der Waals surface area contributed by atoms with Gasteiger partial charge in [-0.3, -0.25) is 24.5 Å². The van der Waals surface area contributed by atoms with E-state index in [-0.39, 0.29) is 11.8 Å². The van der Waals surface area contributed by atoms with E-state index in [0.29, 0.717) is 22.5 Å². The van der Waals surface area contributed by atoms with E-state index in [2.05, 4.69) is 9.97 Å². The van der Waals surface area contributed by atoms with Gasteiger partial charge in [0.25, 0.3) is 11.8 Å². The van der Waals surface area contributed by atoms with Crippen LogP contribution in [0.25, 0.3) is 22.2 Å². The predicted molar refractivity (Wildman–Crippen MR) is 133 cm³/mol. The summed E-state index contributed by atoms with van der Waals surface area (Å²) in [6, 6.07) is 26.0. The van der Waals surface area contributed by atoms with Gasteiger partial charge in [-0.15, -0.1) is 0 Å². The lowest BCUT2D eigenvalue weighted by molar-refractivity contribution is 0.0605. The van der Waals surface area contributed by atoms with Crippen molar-refractivity contribution in [2.45, 2.75) is 13.0 Å². The number of aromatic nitrogens is 3. The molecule has 0 saturated heterocycles. The van der Waals surface area contributed by atoms with E-state index in [4.69, 9.17) is 4.98 Å². The van der Waals surface area contributed by atoms with Crippen molar-refractivity contribution in [1.29, 1.82) is 0 Å². The third-order valence-electron chi connectivity index (χ3n) is 6.36. The molecular weight excluding hydrogens is 436 g/mol. The Bertz CT molecular complexity index is 1580. The van der Waals surface area contributed by atoms with E-state index in [1.54, 1.807) is 36.7 Å². The van der Waals surface area contributed by atoms with Crippen LogP contribution in [0.3, 0.4) is 0 Å². The Morgan fingerprint density at radius 2 is 1.40 bits per heavy atom. The number of amides is 2. The van der Waals surface area contributed by atoms with Gasteiger partial charge in [0.15, 0.2) is 0 Å². The van der Waals surface area contributed by atoms with Gasteiger partial charge in [0.1, 0.15) is 6.04 Å². The topological polar surface area (TPSA) is 76.1 Å². The van der Waals surface area contributed by atoms with Crippen molar-refractivity contribution >= 4 is 22.7 Å². The smallest absolute Gasteiger partial charge is 0.262 e. The molecule has 0 N–H and O–H groups in total. The van der Waals surface area contributed by atoms with Gasteiger partial charge in [0.05, 0.1) is 33.7 Å². The van der Waals surface area contributed by atoms with Crippen LogP contribution in [0, 0.1) is 6.92 Å². The summed E-state index contributed by atoms with van der Waals surface area (Å²) in [4.78, 5) is 42.0. The predicted octanol–water partition coefficient (Wildman–Crippen LogP) is 5.39. The van der Waals surface area contributed by atoms with Gasteiger partial charge in [0, 0.05) is 23.3 Å². The number of rotatable bonds is 4. The highest BCUT2D eigenvalue weighted by molar-refractivity contribution is 6.21. The minimum atomic E-state index is -0.734. The number of benzene rings is 3. The standard InChI is InChI=1S/C29H20N4O2/c1-18-26(31-16-15-30-18)27(33-28(34)22-9-5-6-10-23(22)29(33)35)21-12-11-20-13-14-24(32-25(20)17-21)19-7-3-2-4-8-19/h2-17,27H,1H3. The summed E-state index contributed by atoms with van der Waals surface area (Å²) < 4.78 is 0. The summed E-state index contributed by atoms with van der Waals surface area (Å²) in [6.45, 7) is 1.83. The molecule has 0 fully saturated rings. The molecule has 6 heteroatoms. The summed E-state index contributed by atoms with van der Waals surface area (Å²) in [5, 5.41) is 0.963. The van der Waals surface area contributed by atoms with Gasteiger partial charge in [-0.1, -0.05) is 60.7 Å². The summed E-state index contributed by atoms with van der Waals surface area (Å²) in [7, 11) is 0. The molecule has 6 nitrogen and oxygen atoms in total. The second kappa shape index (κ2) is 8.25. The number of hydrogen-bond acceptors (Lipinski definition) is 5. The van der Waals surface area contributed by atoms with Gasteiger partial charge in [-0.05, 0) is 36.8 Å². The summed E-state index contributed by atoms with van der Waals surface area (Å²) in [5.74, 6) is -0.682. The van der Waals surface area contributed by atoms with Crippen LogP contribution in [0.2, 0.25) is 0 Å². The van der Waals surface area contributed by atoms with Crippen molar-refractivity contribution in [3.63, 3.8) is 0 Å². The third kappa shape index (κ3) is 3.47. The van der Waals surface area contributed by atoms with Crippen LogP contribution in [-0.2, 0) is 0 Å². The van der Waals surface area contributed by atoms with Crippen LogP contribution in [0.1, 0.15) is 43.7 Å². The van der Waals surface area contributed by atoms with Crippen LogP contribution >= 0.6 is 0 Å². The van der Waals surface area contributed by atoms with Crippen molar-refractivity contribution in [2.75, 3.05) is 0 Å². The average Bonchev–Trinajstić information content (AvgIpc) is 3.15. The lowest BCUT2D eigenvalue weighted by Crippen LogP contribution is -2.35. The molecule has 5 aromatic rings. The molecule has 6 rings (SSSR count). The molecule has 3 heterocycles. The molecule has 2 amide bonds. The van der Waals surface area contributed by atoms with Crippen LogP contribution in [-0.4, -0.2) is 31.7 Å². The number of nitrogens with zero attached hydrogens (tertiary/aromatic N) is 4. The van der Waals surface area contributed by atoms with Gasteiger partial charge >= 0.3 is 0 Å². The molecule has 1 atom stereocenters. The zero-order valence-corrected chi connectivity index (χ0v) is 18.9. The Morgan fingerprint density at radius 3 is 2.11 bits per heavy atom. The molecule has 35 heavy (non-hydrogen) atoms. The van der Waals surface area contributed by atoms with Gasteiger partial charge in [0.2, 0.25) is 0 Å². The van der Waals surface area contributed by atoms with Crippen molar-refractivity contribution in [3.05, 3.63) is 125 Å². The highest BCUT2D eigenvalue weighted by Gasteiger charge is 2.42. The van der Waals surface area contributed by atoms with Gasteiger partial charge in [-0.2, -0.15) is 0 Å². The molecule has 0 aliphatic carbocycles. The van der Waals surface area contributed by atoms with E-state index in [1.165, 1.54) is 4.90 Å². The number of pyridine rings is 1. The fourth-order valence-electron chi connectivity index (χ4n) is 4.63. The maximum atomic E-state index is 13.5. The van der Waals surface area contributed by atoms with Crippen molar-refractivity contribution in [3.8, 4) is 11.3 Å². The van der Waals surface area contributed by atoms with E-state index in [1.807, 2.05) is 67.6 Å². The molecule has 1 aliphatic rings. The molecule has 0 spiro atoms. The Hall–Kier alpha value is -4.71. The molecule has 168 valence electrons. The molecular formula is C29H20N4O2. The molecule has 0 saturated carbocycles. The molecule has 0 bridgehead atoms. The van der Waals surface area contributed by atoms with Crippen molar-refractivity contribution in [2.24, 2.45) is 0 Å². The lowest BCUT2D eigenvalue weighted by Gasteiger charge is -2.27. The first kappa shape index (κ1) is 20.9. The number of carbonyl (C=O) groups excluding carboxylic acids is 2. The number of aryl methyl sites for hydroxylation is 1. The van der Waals surface area contributed by atoms with E-state index in [0.717, 1.165) is 27.7 Å². The first-order valence-electron chi connectivity index (χ1n) is 11.3. The molecule has 1 unspecified atom stereocenters. The zero-order valence-electron chi connectivity index (χ0n) is 18.9. The number of carbonyl (C=O) groups is 2. The number of hydrogen-bond donors (Lipinski definition) is 0. The number of fused-ring (bicyclic) bond motifs is 2. The van der Waals surface area contributed by atoms with Crippen LogP contribution in [0.5, 0.6) is 0 Å². The highest BCUT2D eigenvalue weighted by Crippen LogP contribution is 2.37. The van der Waals surface area contributed by atoms with Gasteiger partial charge in [-0.25, -0.2) is 4.98 Å². The van der Waals surface area contributed by atoms with Crippen LogP contribution in [0.15, 0.2) is 97.3 Å². The SMILES string of the molecule is Cc1nccnc1C(c1ccc2ccc(-c3ccccc3)nc2c1)N1C(=O)c2ccccc2C1=O. The van der Waals surface area contributed by atoms with Crippen molar-refractivity contribution in [1.82, 2.24) is 19.9 Å². The maximum absolute atomic E-state index is 13.5. The minimum absolute atomic E-state index is 0.341. The lowest BCUT2D eigenvalue weighted by atomic mass is 9.98. The van der Waals surface area contributed by atoms with Crippen molar-refractivity contribution < 1.29 is 9.59 Å². The van der Waals surface area contributed by atoms with E-state index >= 15 is 0 Å². The Balaban J connectivity index is 1.53. The zero-order chi connectivity index (χ0) is 23.9. The highest BCUT2D eigenvalue weighted by atomic mass is 16.2. The van der Waals surface area contributed by atoms with Crippen LogP contribution in [0.4, 0.5) is 0 Å². The minimum Gasteiger partial charge on any atom is -0.269 e. The molecule has 3 aromatic carbocycles. The number of imide groups is 1. The summed E-state index contributed by atoms with van der Waals surface area (Å²) in [6.07, 6.45) is 3.19.